The Hall–Kier alpha value is -1.86. The van der Waals surface area contributed by atoms with Crippen molar-refractivity contribution < 1.29 is 22.3 Å². The molecule has 0 bridgehead atoms. The molecule has 0 aromatic heterocycles. The molecule has 3 aromatic rings. The van der Waals surface area contributed by atoms with E-state index in [1.807, 2.05) is 73.8 Å². The van der Waals surface area contributed by atoms with Gasteiger partial charge in [-0.25, -0.2) is 4.78 Å². The van der Waals surface area contributed by atoms with E-state index >= 15 is 4.57 Å². The van der Waals surface area contributed by atoms with E-state index in [9.17, 15) is 0 Å². The van der Waals surface area contributed by atoms with Crippen molar-refractivity contribution in [3.63, 3.8) is 0 Å². The highest BCUT2D eigenvalue weighted by Gasteiger charge is 2.49. The van der Waals surface area contributed by atoms with Gasteiger partial charge in [-0.1, -0.05) is 62.1 Å². The van der Waals surface area contributed by atoms with Gasteiger partial charge in [0.1, 0.15) is 25.5 Å². The van der Waals surface area contributed by atoms with Crippen molar-refractivity contribution in [3.05, 3.63) is 95.6 Å². The van der Waals surface area contributed by atoms with E-state index in [0.29, 0.717) is 12.3 Å². The summed E-state index contributed by atoms with van der Waals surface area (Å²) in [6.45, 7) is 19.9. The van der Waals surface area contributed by atoms with E-state index in [2.05, 4.69) is 80.7 Å². The average molecular weight is 736 g/mol. The molecule has 0 spiro atoms. The lowest BCUT2D eigenvalue weighted by Gasteiger charge is -2.46. The molecule has 0 N–H and O–H groups in total. The van der Waals surface area contributed by atoms with Gasteiger partial charge in [0.25, 0.3) is 0 Å². The number of ether oxygens (including phenoxy) is 1. The van der Waals surface area contributed by atoms with E-state index in [0.717, 1.165) is 22.4 Å². The molecule has 0 saturated carbocycles. The zero-order valence-corrected chi connectivity index (χ0v) is 34.8. The van der Waals surface area contributed by atoms with Gasteiger partial charge in [-0.2, -0.15) is 5.10 Å². The molecule has 3 aromatic carbocycles. The Kier molecular flexibility index (Phi) is 13.4. The van der Waals surface area contributed by atoms with Gasteiger partial charge in [-0.05, 0) is 104 Å². The lowest BCUT2D eigenvalue weighted by Crippen LogP contribution is -2.49. The van der Waals surface area contributed by atoms with Gasteiger partial charge < -0.3 is 22.3 Å². The van der Waals surface area contributed by atoms with Gasteiger partial charge in [0.05, 0.1) is 13.3 Å². The Balaban J connectivity index is 1.98. The molecule has 2 unspecified atom stereocenters. The van der Waals surface area contributed by atoms with Gasteiger partial charge in [-0.15, -0.1) is 0 Å². The molecule has 0 aliphatic carbocycles. The Morgan fingerprint density at radius 2 is 1.35 bits per heavy atom. The molecule has 0 aliphatic rings. The van der Waals surface area contributed by atoms with Crippen molar-refractivity contribution in [1.29, 1.82) is 0 Å². The van der Waals surface area contributed by atoms with E-state index in [1.54, 1.807) is 18.1 Å². The van der Waals surface area contributed by atoms with Gasteiger partial charge in [-0.3, -0.25) is 4.57 Å². The summed E-state index contributed by atoms with van der Waals surface area (Å²) >= 11 is 5.72. The molecule has 14 heteroatoms. The first-order valence-corrected chi connectivity index (χ1v) is 29.7. The Morgan fingerprint density at radius 3 is 1.83 bits per heavy atom. The Bertz CT molecular complexity index is 1490. The van der Waals surface area contributed by atoms with Crippen LogP contribution in [0.1, 0.15) is 22.5 Å². The van der Waals surface area contributed by atoms with Crippen LogP contribution in [-0.2, 0) is 31.3 Å². The molecular formula is C32H51N3O5P2SSi3. The Morgan fingerprint density at radius 1 is 0.826 bits per heavy atom. The molecule has 46 heavy (non-hydrogen) atoms. The zero-order valence-electron chi connectivity index (χ0n) is 29.1. The first kappa shape index (κ1) is 38.6. The monoisotopic (exact) mass is 735 g/mol. The second kappa shape index (κ2) is 16.0. The fraction of sp³-hybridized carbons (Fsp3) is 0.406. The molecule has 0 fully saturated rings. The largest absolute Gasteiger partial charge is 0.497 e. The molecule has 0 heterocycles. The summed E-state index contributed by atoms with van der Waals surface area (Å²) in [7, 11) is -8.85. The maximum absolute atomic E-state index is 15.3. The number of hydrogen-bond acceptors (Lipinski definition) is 8. The third kappa shape index (κ3) is 12.0. The molecule has 0 amide bonds. The SMILES string of the molecule is COc1ccc(/C=N/N(C)[PH](=S)Oc2ccc(C(N(Cc3ccccc3)[Si](C)(C)C)P(=O)(O[Si](C)(C)C)O[Si](C)(C)C)cc2)cc1. The van der Waals surface area contributed by atoms with Crippen LogP contribution >= 0.6 is 14.7 Å². The maximum Gasteiger partial charge on any atom is 0.332 e. The summed E-state index contributed by atoms with van der Waals surface area (Å²) < 4.78 is 44.1. The van der Waals surface area contributed by atoms with Gasteiger partial charge in [0.15, 0.2) is 16.6 Å². The fourth-order valence-electron chi connectivity index (χ4n) is 4.65. The van der Waals surface area contributed by atoms with E-state index in [-0.39, 0.29) is 0 Å². The molecule has 252 valence electrons. The average Bonchev–Trinajstić information content (AvgIpc) is 2.94. The third-order valence-corrected chi connectivity index (χ3v) is 18.6. The quantitative estimate of drug-likeness (QED) is 0.0624. The smallest absolute Gasteiger partial charge is 0.332 e. The summed E-state index contributed by atoms with van der Waals surface area (Å²) in [6.07, 6.45) is 1.75. The number of rotatable bonds is 16. The number of hydrogen-bond donors (Lipinski definition) is 0. The van der Waals surface area contributed by atoms with Gasteiger partial charge >= 0.3 is 7.60 Å². The second-order valence-corrected chi connectivity index (χ2v) is 32.9. The Labute approximate surface area is 285 Å². The predicted molar refractivity (Wildman–Crippen MR) is 206 cm³/mol. The molecular weight excluding hydrogens is 685 g/mol. The van der Waals surface area contributed by atoms with Crippen LogP contribution in [0.25, 0.3) is 0 Å². The highest BCUT2D eigenvalue weighted by Crippen LogP contribution is 2.66. The van der Waals surface area contributed by atoms with Crippen LogP contribution in [0.15, 0.2) is 84.0 Å². The summed E-state index contributed by atoms with van der Waals surface area (Å²) in [5.74, 6) is 0.834. The van der Waals surface area contributed by atoms with Crippen molar-refractivity contribution in [2.45, 2.75) is 71.3 Å². The molecule has 3 rings (SSSR count). The summed E-state index contributed by atoms with van der Waals surface area (Å²) in [5.41, 5.74) is 2.95. The lowest BCUT2D eigenvalue weighted by molar-refractivity contribution is 0.300. The fourth-order valence-corrected chi connectivity index (χ4v) is 17.1. The van der Waals surface area contributed by atoms with Crippen molar-refractivity contribution in [2.24, 2.45) is 5.10 Å². The maximum atomic E-state index is 15.3. The van der Waals surface area contributed by atoms with Crippen LogP contribution in [-0.4, -0.2) is 54.6 Å². The van der Waals surface area contributed by atoms with E-state index in [4.69, 9.17) is 29.5 Å². The molecule has 0 radical (unpaired) electrons. The van der Waals surface area contributed by atoms with E-state index < -0.39 is 45.3 Å². The van der Waals surface area contributed by atoms with Crippen LogP contribution in [0, 0.1) is 0 Å². The molecule has 0 aliphatic heterocycles. The summed E-state index contributed by atoms with van der Waals surface area (Å²) in [6, 6.07) is 25.7. The van der Waals surface area contributed by atoms with Crippen molar-refractivity contribution >= 4 is 57.6 Å². The topological polar surface area (TPSA) is 72.8 Å². The number of nitrogens with zero attached hydrogens (tertiary/aromatic N) is 3. The minimum absolute atomic E-state index is 0.586. The third-order valence-electron chi connectivity index (χ3n) is 6.60. The van der Waals surface area contributed by atoms with Crippen LogP contribution in [0.3, 0.4) is 0 Å². The number of benzene rings is 3. The highest BCUT2D eigenvalue weighted by atomic mass is 32.4. The minimum Gasteiger partial charge on any atom is -0.497 e. The van der Waals surface area contributed by atoms with Gasteiger partial charge in [0, 0.05) is 13.6 Å². The molecule has 2 atom stereocenters. The molecule has 8 nitrogen and oxygen atoms in total. The minimum atomic E-state index is -3.69. The summed E-state index contributed by atoms with van der Waals surface area (Å²) in [4.78, 5) is 0. The van der Waals surface area contributed by atoms with Crippen LogP contribution in [0.4, 0.5) is 0 Å². The molecule has 0 saturated heterocycles. The van der Waals surface area contributed by atoms with Gasteiger partial charge in [0.2, 0.25) is 7.07 Å². The van der Waals surface area contributed by atoms with Crippen molar-refractivity contribution in [1.82, 2.24) is 9.34 Å². The van der Waals surface area contributed by atoms with Crippen molar-refractivity contribution in [2.75, 3.05) is 14.2 Å². The summed E-state index contributed by atoms with van der Waals surface area (Å²) in [5, 5.41) is 4.50. The first-order valence-electron chi connectivity index (χ1n) is 15.4. The van der Waals surface area contributed by atoms with Crippen LogP contribution < -0.4 is 9.26 Å². The first-order chi connectivity index (χ1) is 21.3. The normalized spacial score (nSPS) is 14.3. The van der Waals surface area contributed by atoms with Crippen molar-refractivity contribution in [3.8, 4) is 11.5 Å². The van der Waals surface area contributed by atoms with Crippen LogP contribution in [0.5, 0.6) is 11.5 Å². The van der Waals surface area contributed by atoms with Crippen LogP contribution in [0.2, 0.25) is 58.9 Å². The standard InChI is InChI=1S/C32H51N3O5P2SSi3/c1-34(33-25-27-17-21-30(37-2)22-18-27)41(43)38-31-23-19-29(20-24-31)32(42(36,39-45(6,7)8)40-46(9,10)11)35(44(3,4)5)26-28-15-13-12-14-16-28/h12-25,32,41H,26H2,1-11H3/b33-25+. The van der Waals surface area contributed by atoms with E-state index in [1.165, 1.54) is 0 Å². The highest BCUT2D eigenvalue weighted by molar-refractivity contribution is 8.02. The number of methoxy groups -OCH3 is 1. The number of hydrazone groups is 1. The second-order valence-electron chi connectivity index (χ2n) is 14.1. The zero-order chi connectivity index (χ0) is 34.3. The predicted octanol–water partition coefficient (Wildman–Crippen LogP) is 9.78. The lowest BCUT2D eigenvalue weighted by atomic mass is 10.2.